The van der Waals surface area contributed by atoms with Crippen molar-refractivity contribution in [3.63, 3.8) is 0 Å². The molecule has 2 aliphatic heterocycles. The van der Waals surface area contributed by atoms with E-state index in [-0.39, 0.29) is 6.04 Å². The first-order valence-corrected chi connectivity index (χ1v) is 15.4. The first kappa shape index (κ1) is 28.6. The van der Waals surface area contributed by atoms with E-state index in [1.165, 1.54) is 28.3 Å². The van der Waals surface area contributed by atoms with E-state index in [0.29, 0.717) is 12.6 Å². The summed E-state index contributed by atoms with van der Waals surface area (Å²) in [6.45, 7) is 17.3. The van der Waals surface area contributed by atoms with Crippen molar-refractivity contribution in [3.05, 3.63) is 122 Å². The van der Waals surface area contributed by atoms with E-state index in [1.807, 2.05) is 6.20 Å². The molecule has 2 atom stereocenters. The van der Waals surface area contributed by atoms with Gasteiger partial charge < -0.3 is 25.8 Å². The Morgan fingerprint density at radius 1 is 0.977 bits per heavy atom. The molecule has 3 aromatic carbocycles. The van der Waals surface area contributed by atoms with Gasteiger partial charge in [-0.3, -0.25) is 0 Å². The molecule has 0 saturated carbocycles. The molecule has 4 N–H and O–H groups in total. The van der Waals surface area contributed by atoms with Gasteiger partial charge >= 0.3 is 0 Å². The molecule has 0 bridgehead atoms. The van der Waals surface area contributed by atoms with Gasteiger partial charge in [-0.1, -0.05) is 74.3 Å². The fraction of sp³-hybridized carbons (Fsp3) is 0.270. The van der Waals surface area contributed by atoms with Gasteiger partial charge in [-0.15, -0.1) is 0 Å². The second-order valence-electron chi connectivity index (χ2n) is 11.5. The Balaban J connectivity index is 1.14. The van der Waals surface area contributed by atoms with Gasteiger partial charge in [-0.2, -0.15) is 0 Å². The lowest BCUT2D eigenvalue weighted by atomic mass is 9.98. The van der Waals surface area contributed by atoms with Gasteiger partial charge in [0.15, 0.2) is 0 Å². The second kappa shape index (κ2) is 12.8. The Bertz CT molecular complexity index is 1650. The Hall–Kier alpha value is -4.55. The number of imidazole rings is 1. The molecule has 0 radical (unpaired) electrons. The summed E-state index contributed by atoms with van der Waals surface area (Å²) in [7, 11) is 0. The van der Waals surface area contributed by atoms with Crippen LogP contribution in [0.4, 0.5) is 0 Å². The number of hydrogen-bond donors (Lipinski definition) is 4. The van der Waals surface area contributed by atoms with Crippen molar-refractivity contribution in [3.8, 4) is 22.4 Å². The number of nitrogens with zero attached hydrogens (tertiary/aromatic N) is 2. The molecule has 0 spiro atoms. The van der Waals surface area contributed by atoms with Crippen molar-refractivity contribution in [2.24, 2.45) is 0 Å². The third-order valence-corrected chi connectivity index (χ3v) is 8.76. The van der Waals surface area contributed by atoms with Crippen molar-refractivity contribution in [2.75, 3.05) is 19.6 Å². The average molecular weight is 571 g/mol. The number of allylic oxidation sites excluding steroid dienone is 1. The molecule has 2 saturated heterocycles. The summed E-state index contributed by atoms with van der Waals surface area (Å²) >= 11 is 0. The highest BCUT2D eigenvalue weighted by Crippen LogP contribution is 2.31. The third kappa shape index (κ3) is 6.15. The summed E-state index contributed by atoms with van der Waals surface area (Å²) in [5.74, 6) is 1.04. The van der Waals surface area contributed by atoms with Crippen LogP contribution in [-0.4, -0.2) is 40.5 Å². The summed E-state index contributed by atoms with van der Waals surface area (Å²) in [6, 6.07) is 22.7. The highest BCUT2D eigenvalue weighted by atomic mass is 15.2. The van der Waals surface area contributed by atoms with Gasteiger partial charge in [0, 0.05) is 23.6 Å². The van der Waals surface area contributed by atoms with Crippen molar-refractivity contribution in [1.82, 2.24) is 30.8 Å². The molecule has 43 heavy (non-hydrogen) atoms. The number of fused-ring (bicyclic) bond motifs is 1. The lowest BCUT2D eigenvalue weighted by molar-refractivity contribution is 0.342. The standard InChI is InChI=1S/C37H42N6/c1-5-33(41-26(4)36-10-8-20-43(36)25(3)23-38-6-2)32-18-17-30-21-29(15-16-31(30)22-32)27-11-13-28(14-12-27)35-24-40-37(42-35)34-9-7-19-39-34/h5-6,11-18,21-22,24,34,36,38-39,41H,2-4,7-10,19-20,23H2,1H3,(H,40,42)/b33-5-. The monoisotopic (exact) mass is 570 g/mol. The quantitative estimate of drug-likeness (QED) is 0.150. The Kier molecular flexibility index (Phi) is 8.47. The SMILES string of the molecule is C=CNCC(=C)N1CCCC1C(=C)N/C(=C\C)c1ccc2cc(-c3ccc(-c4cnc(C5CCCN5)[nH]4)cc3)ccc2c1. The topological polar surface area (TPSA) is 68.0 Å². The van der Waals surface area contributed by atoms with E-state index < -0.39 is 0 Å². The maximum Gasteiger partial charge on any atom is 0.123 e. The molecule has 220 valence electrons. The van der Waals surface area contributed by atoms with Crippen LogP contribution in [0, 0.1) is 0 Å². The normalized spacial score (nSPS) is 18.6. The molecular weight excluding hydrogens is 528 g/mol. The molecule has 6 heteroatoms. The highest BCUT2D eigenvalue weighted by molar-refractivity contribution is 5.90. The van der Waals surface area contributed by atoms with Crippen LogP contribution in [0.25, 0.3) is 38.9 Å². The van der Waals surface area contributed by atoms with E-state index >= 15 is 0 Å². The number of likely N-dealkylation sites (tertiary alicyclic amines) is 1. The van der Waals surface area contributed by atoms with Gasteiger partial charge in [0.05, 0.1) is 30.5 Å². The Labute approximate surface area is 255 Å². The Morgan fingerprint density at radius 3 is 2.51 bits per heavy atom. The van der Waals surface area contributed by atoms with Crippen LogP contribution in [0.3, 0.4) is 0 Å². The van der Waals surface area contributed by atoms with Crippen molar-refractivity contribution < 1.29 is 0 Å². The molecule has 1 aromatic heterocycles. The summed E-state index contributed by atoms with van der Waals surface area (Å²) < 4.78 is 0. The Morgan fingerprint density at radius 2 is 1.74 bits per heavy atom. The minimum atomic E-state index is 0.225. The van der Waals surface area contributed by atoms with Crippen LogP contribution >= 0.6 is 0 Å². The van der Waals surface area contributed by atoms with Gasteiger partial charge in [-0.05, 0) is 90.5 Å². The first-order valence-electron chi connectivity index (χ1n) is 15.4. The molecule has 4 aromatic rings. The van der Waals surface area contributed by atoms with Crippen molar-refractivity contribution in [2.45, 2.75) is 44.7 Å². The smallest absolute Gasteiger partial charge is 0.123 e. The predicted octanol–water partition coefficient (Wildman–Crippen LogP) is 7.50. The highest BCUT2D eigenvalue weighted by Gasteiger charge is 2.28. The first-order chi connectivity index (χ1) is 21.0. The number of aromatic amines is 1. The van der Waals surface area contributed by atoms with E-state index in [1.54, 1.807) is 6.20 Å². The number of nitrogens with one attached hydrogen (secondary N) is 4. The summed E-state index contributed by atoms with van der Waals surface area (Å²) in [6.07, 6.45) is 10.3. The minimum absolute atomic E-state index is 0.225. The molecule has 3 heterocycles. The molecule has 2 fully saturated rings. The zero-order chi connectivity index (χ0) is 29.8. The van der Waals surface area contributed by atoms with Crippen LogP contribution in [0.15, 0.2) is 110 Å². The zero-order valence-electron chi connectivity index (χ0n) is 25.1. The van der Waals surface area contributed by atoms with Crippen LogP contribution in [-0.2, 0) is 0 Å². The van der Waals surface area contributed by atoms with Crippen LogP contribution in [0.5, 0.6) is 0 Å². The van der Waals surface area contributed by atoms with Crippen molar-refractivity contribution in [1.29, 1.82) is 0 Å². The predicted molar refractivity (Wildman–Crippen MR) is 180 cm³/mol. The van der Waals surface area contributed by atoms with E-state index in [4.69, 9.17) is 0 Å². The largest absolute Gasteiger partial charge is 0.386 e. The number of aromatic nitrogens is 2. The van der Waals surface area contributed by atoms with Gasteiger partial charge in [0.25, 0.3) is 0 Å². The molecule has 6 nitrogen and oxygen atoms in total. The minimum Gasteiger partial charge on any atom is -0.386 e. The number of rotatable bonds is 11. The summed E-state index contributed by atoms with van der Waals surface area (Å²) in [5.41, 5.74) is 8.91. The second-order valence-corrected chi connectivity index (χ2v) is 11.5. The molecular formula is C37H42N6. The summed E-state index contributed by atoms with van der Waals surface area (Å²) in [4.78, 5) is 10.5. The molecule has 2 unspecified atom stereocenters. The number of H-pyrrole nitrogens is 1. The molecule has 0 amide bonds. The summed E-state index contributed by atoms with van der Waals surface area (Å²) in [5, 5.41) is 12.7. The molecule has 0 aliphatic carbocycles. The molecule has 2 aliphatic rings. The zero-order valence-corrected chi connectivity index (χ0v) is 25.1. The average Bonchev–Trinajstić information content (AvgIpc) is 3.84. The molecule has 6 rings (SSSR count). The lowest BCUT2D eigenvalue weighted by Gasteiger charge is -2.31. The van der Waals surface area contributed by atoms with Crippen molar-refractivity contribution >= 4 is 16.5 Å². The van der Waals surface area contributed by atoms with E-state index in [2.05, 4.69) is 124 Å². The van der Waals surface area contributed by atoms with Crippen LogP contribution in [0.2, 0.25) is 0 Å². The van der Waals surface area contributed by atoms with Gasteiger partial charge in [0.1, 0.15) is 5.82 Å². The number of hydrogen-bond acceptors (Lipinski definition) is 5. The van der Waals surface area contributed by atoms with E-state index in [0.717, 1.165) is 72.1 Å². The fourth-order valence-electron chi connectivity index (χ4n) is 6.38. The van der Waals surface area contributed by atoms with Gasteiger partial charge in [0.2, 0.25) is 0 Å². The maximum atomic E-state index is 4.63. The van der Waals surface area contributed by atoms with Crippen LogP contribution < -0.4 is 16.0 Å². The third-order valence-electron chi connectivity index (χ3n) is 8.76. The lowest BCUT2D eigenvalue weighted by Crippen LogP contribution is -2.36. The maximum absolute atomic E-state index is 4.63. The van der Waals surface area contributed by atoms with Crippen LogP contribution in [0.1, 0.15) is 50.0 Å². The fourth-order valence-corrected chi connectivity index (χ4v) is 6.38. The number of benzene rings is 3. The van der Waals surface area contributed by atoms with E-state index in [9.17, 15) is 0 Å². The van der Waals surface area contributed by atoms with Gasteiger partial charge in [-0.25, -0.2) is 4.98 Å².